The average Bonchev–Trinajstić information content (AvgIpc) is 3.28. The van der Waals surface area contributed by atoms with Crippen LogP contribution in [0.3, 0.4) is 0 Å². The largest absolute Gasteiger partial charge is 0.379 e. The van der Waals surface area contributed by atoms with Crippen LogP contribution in [0.15, 0.2) is 35.1 Å². The number of fused-ring (bicyclic) bond motifs is 3. The molecule has 0 amide bonds. The molecule has 1 N–H and O–H groups in total. The van der Waals surface area contributed by atoms with Gasteiger partial charge in [0.2, 0.25) is 6.49 Å². The Morgan fingerprint density at radius 2 is 2.00 bits per heavy atom. The van der Waals surface area contributed by atoms with Crippen molar-refractivity contribution in [3.63, 3.8) is 0 Å². The molecule has 1 aromatic heterocycles. The number of aryl methyl sites for hydroxylation is 1. The number of benzene rings is 1. The number of imidazole rings is 1. The average molecular weight is 420 g/mol. The first-order chi connectivity index (χ1) is 13.2. The van der Waals surface area contributed by atoms with Gasteiger partial charge in [0.1, 0.15) is 16.6 Å². The van der Waals surface area contributed by atoms with Crippen LogP contribution in [0, 0.1) is 0 Å². The van der Waals surface area contributed by atoms with Crippen molar-refractivity contribution in [3.05, 3.63) is 47.4 Å². The molecule has 3 aliphatic heterocycles. The fraction of sp³-hybridized carbons (Fsp3) is 0.444. The van der Waals surface area contributed by atoms with Gasteiger partial charge in [0.25, 0.3) is 0 Å². The number of aromatic nitrogens is 2. The first-order valence-corrected chi connectivity index (χ1v) is 13.0. The summed E-state index contributed by atoms with van der Waals surface area (Å²) in [7, 11) is 0. The van der Waals surface area contributed by atoms with Crippen molar-refractivity contribution < 1.29 is 4.74 Å². The molecule has 2 aromatic rings. The summed E-state index contributed by atoms with van der Waals surface area (Å²) >= 11 is 7.87. The van der Waals surface area contributed by atoms with Gasteiger partial charge in [0.05, 0.1) is 13.2 Å². The predicted molar refractivity (Wildman–Crippen MR) is 115 cm³/mol. The maximum absolute atomic E-state index is 6.08. The topological polar surface area (TPSA) is 54.7 Å². The molecule has 6 nitrogen and oxygen atoms in total. The highest BCUT2D eigenvalue weighted by Gasteiger charge is 2.37. The van der Waals surface area contributed by atoms with E-state index in [1.54, 1.807) is 11.8 Å². The van der Waals surface area contributed by atoms with E-state index in [2.05, 4.69) is 44.7 Å². The Kier molecular flexibility index (Phi) is 4.86. The van der Waals surface area contributed by atoms with Gasteiger partial charge < -0.3 is 14.4 Å². The van der Waals surface area contributed by atoms with Crippen molar-refractivity contribution in [1.82, 2.24) is 14.2 Å². The van der Waals surface area contributed by atoms with Gasteiger partial charge in [0, 0.05) is 31.8 Å². The van der Waals surface area contributed by atoms with E-state index in [0.29, 0.717) is 13.2 Å². The Morgan fingerprint density at radius 1 is 1.19 bits per heavy atom. The molecular weight excluding hydrogens is 397 g/mol. The van der Waals surface area contributed by atoms with Gasteiger partial charge in [-0.25, -0.2) is 14.4 Å². The lowest BCUT2D eigenvalue weighted by Crippen LogP contribution is -2.36. The van der Waals surface area contributed by atoms with Crippen LogP contribution in [0.5, 0.6) is 0 Å². The molecule has 3 aliphatic rings. The first-order valence-electron chi connectivity index (χ1n) is 9.31. The number of rotatable bonds is 3. The molecule has 0 aliphatic carbocycles. The Bertz CT molecular complexity index is 923. The van der Waals surface area contributed by atoms with E-state index in [1.807, 2.05) is 0 Å². The van der Waals surface area contributed by atoms with Crippen molar-refractivity contribution in [2.24, 2.45) is 4.76 Å². The lowest BCUT2D eigenvalue weighted by Gasteiger charge is -2.37. The maximum atomic E-state index is 6.08. The van der Waals surface area contributed by atoms with E-state index < -0.39 is 6.49 Å². The number of anilines is 1. The molecule has 0 unspecified atom stereocenters. The van der Waals surface area contributed by atoms with Crippen LogP contribution in [0.2, 0.25) is 0 Å². The molecule has 9 heteroatoms. The van der Waals surface area contributed by atoms with E-state index in [0.717, 1.165) is 60.6 Å². The number of morpholine rings is 1. The quantitative estimate of drug-likeness (QED) is 0.769. The number of hydrogen-bond donors (Lipinski definition) is 1. The van der Waals surface area contributed by atoms with Crippen LogP contribution in [0.4, 0.5) is 5.82 Å². The Hall–Kier alpha value is -1.18. The monoisotopic (exact) mass is 419 g/mol. The normalized spacial score (nSPS) is 24.8. The molecule has 27 heavy (non-hydrogen) atoms. The van der Waals surface area contributed by atoms with Gasteiger partial charge in [-0.05, 0) is 23.8 Å². The van der Waals surface area contributed by atoms with Gasteiger partial charge in [-0.15, -0.1) is 0 Å². The predicted octanol–water partition coefficient (Wildman–Crippen LogP) is 3.49. The second-order valence-corrected chi connectivity index (χ2v) is 11.5. The summed E-state index contributed by atoms with van der Waals surface area (Å²) < 4.78 is 15.3. The number of thioether (sulfide) groups is 1. The van der Waals surface area contributed by atoms with E-state index in [4.69, 9.17) is 26.3 Å². The standard InChI is InChI=1S/C18H22N5OPS2/c26-25(22-9-11-24-12-10-22)20-17-16(23-8-4-7-15(23)19-17)18(21-25)27-13-14-5-2-1-3-6-14/h1-3,5-6H,4,7-13H2,(H,20,21,26)/t25-/m1/s1. The van der Waals surface area contributed by atoms with Crippen LogP contribution >= 0.6 is 18.3 Å². The third-order valence-corrected chi connectivity index (χ3v) is 9.62. The Balaban J connectivity index is 1.50. The van der Waals surface area contributed by atoms with Crippen molar-refractivity contribution in [2.45, 2.75) is 25.1 Å². The highest BCUT2D eigenvalue weighted by molar-refractivity contribution is 8.17. The lowest BCUT2D eigenvalue weighted by atomic mass is 10.2. The molecule has 142 valence electrons. The second-order valence-electron chi connectivity index (χ2n) is 6.88. The second kappa shape index (κ2) is 7.33. The summed E-state index contributed by atoms with van der Waals surface area (Å²) in [5.41, 5.74) is 2.43. The Labute approximate surface area is 168 Å². The lowest BCUT2D eigenvalue weighted by molar-refractivity contribution is 0.0747. The van der Waals surface area contributed by atoms with Gasteiger partial charge in [-0.2, -0.15) is 0 Å². The molecule has 0 radical (unpaired) electrons. The van der Waals surface area contributed by atoms with E-state index in [1.165, 1.54) is 5.56 Å². The summed E-state index contributed by atoms with van der Waals surface area (Å²) in [5.74, 6) is 2.98. The summed E-state index contributed by atoms with van der Waals surface area (Å²) in [6.07, 6.45) is 2.19. The minimum absolute atomic E-state index is 0.717. The zero-order valence-corrected chi connectivity index (χ0v) is 17.5. The minimum atomic E-state index is -2.26. The molecule has 1 aromatic carbocycles. The van der Waals surface area contributed by atoms with E-state index in [-0.39, 0.29) is 0 Å². The van der Waals surface area contributed by atoms with Crippen molar-refractivity contribution in [3.8, 4) is 0 Å². The minimum Gasteiger partial charge on any atom is -0.379 e. The molecule has 4 heterocycles. The smallest absolute Gasteiger partial charge is 0.212 e. The van der Waals surface area contributed by atoms with Crippen molar-refractivity contribution >= 4 is 40.9 Å². The molecule has 1 saturated heterocycles. The molecule has 0 saturated carbocycles. The van der Waals surface area contributed by atoms with Gasteiger partial charge in [-0.3, -0.25) is 0 Å². The van der Waals surface area contributed by atoms with Gasteiger partial charge >= 0.3 is 0 Å². The summed E-state index contributed by atoms with van der Waals surface area (Å²) in [6.45, 7) is 1.84. The van der Waals surface area contributed by atoms with Crippen LogP contribution in [-0.2, 0) is 35.3 Å². The van der Waals surface area contributed by atoms with E-state index >= 15 is 0 Å². The fourth-order valence-corrected chi connectivity index (χ4v) is 8.11. The molecule has 1 atom stereocenters. The SMILES string of the molecule is S=[P@@]1(N2CCOCC2)N=C(SCc2ccccc2)c2c(nc3n2CCC3)N1. The zero-order valence-electron chi connectivity index (χ0n) is 15.0. The van der Waals surface area contributed by atoms with Crippen molar-refractivity contribution in [1.29, 1.82) is 0 Å². The van der Waals surface area contributed by atoms with Gasteiger partial charge in [-0.1, -0.05) is 42.1 Å². The highest BCUT2D eigenvalue weighted by Crippen LogP contribution is 2.56. The third-order valence-electron chi connectivity index (χ3n) is 5.10. The summed E-state index contributed by atoms with van der Waals surface area (Å²) in [5, 5.41) is 4.61. The highest BCUT2D eigenvalue weighted by atomic mass is 32.4. The molecule has 5 rings (SSSR count). The van der Waals surface area contributed by atoms with Crippen LogP contribution < -0.4 is 5.09 Å². The summed E-state index contributed by atoms with van der Waals surface area (Å²) in [4.78, 5) is 4.89. The fourth-order valence-electron chi connectivity index (χ4n) is 3.74. The number of ether oxygens (including phenoxy) is 1. The summed E-state index contributed by atoms with van der Waals surface area (Å²) in [6, 6.07) is 10.5. The molecular formula is C18H22N5OPS2. The molecule has 1 fully saturated rings. The number of hydrogen-bond acceptors (Lipinski definition) is 4. The molecule has 0 bridgehead atoms. The first kappa shape index (κ1) is 17.9. The van der Waals surface area contributed by atoms with E-state index in [9.17, 15) is 0 Å². The number of nitrogens with zero attached hydrogens (tertiary/aromatic N) is 4. The van der Waals surface area contributed by atoms with Crippen LogP contribution in [0.1, 0.15) is 23.5 Å². The maximum Gasteiger partial charge on any atom is 0.212 e. The third kappa shape index (κ3) is 3.38. The number of nitrogens with one attached hydrogen (secondary N) is 1. The van der Waals surface area contributed by atoms with Gasteiger partial charge in [0.15, 0.2) is 5.82 Å². The Morgan fingerprint density at radius 3 is 2.81 bits per heavy atom. The van der Waals surface area contributed by atoms with Crippen molar-refractivity contribution in [2.75, 3.05) is 31.4 Å². The zero-order chi connectivity index (χ0) is 18.3. The van der Waals surface area contributed by atoms with Crippen LogP contribution in [-0.4, -0.2) is 45.6 Å². The van der Waals surface area contributed by atoms with Crippen LogP contribution in [0.25, 0.3) is 0 Å². The molecule has 0 spiro atoms.